The monoisotopic (exact) mass is 320 g/mol. The Morgan fingerprint density at radius 2 is 2.11 bits per heavy atom. The van der Waals surface area contributed by atoms with Crippen LogP contribution in [0.15, 0.2) is 40.0 Å². The number of carbonyl (C=O) groups is 2. The fourth-order valence-corrected chi connectivity index (χ4v) is 2.30. The number of hydrogen-bond donors (Lipinski definition) is 2. The maximum atomic E-state index is 11.4. The van der Waals surface area contributed by atoms with Crippen LogP contribution in [0, 0.1) is 0 Å². The molecule has 3 rings (SSSR count). The fourth-order valence-electron chi connectivity index (χ4n) is 1.92. The standard InChI is InChI=1S/C13H9BrN2O3/c14-9-1-2-11-8(5-9)3-7(6-19-11)4-10-12(17)16-13(18)15-10/h1-5H,6H2,(H2,15,16,17,18)/b10-4-. The van der Waals surface area contributed by atoms with Gasteiger partial charge in [-0.05, 0) is 35.9 Å². The van der Waals surface area contributed by atoms with Crippen molar-refractivity contribution in [3.05, 3.63) is 45.6 Å². The number of ether oxygens (including phenoxy) is 1. The average Bonchev–Trinajstić information content (AvgIpc) is 2.67. The second kappa shape index (κ2) is 4.55. The third-order valence-corrected chi connectivity index (χ3v) is 3.25. The Morgan fingerprint density at radius 3 is 2.84 bits per heavy atom. The highest BCUT2D eigenvalue weighted by molar-refractivity contribution is 9.10. The number of halogens is 1. The molecule has 3 amide bonds. The molecular formula is C13H9BrN2O3. The van der Waals surface area contributed by atoms with E-state index in [2.05, 4.69) is 26.6 Å². The van der Waals surface area contributed by atoms with Crippen molar-refractivity contribution in [3.8, 4) is 5.75 Å². The Kier molecular flexibility index (Phi) is 2.87. The number of carbonyl (C=O) groups excluding carboxylic acids is 2. The Hall–Kier alpha value is -2.08. The second-order valence-electron chi connectivity index (χ2n) is 4.16. The number of imide groups is 1. The number of amides is 3. The molecular weight excluding hydrogens is 312 g/mol. The quantitative estimate of drug-likeness (QED) is 0.614. The highest BCUT2D eigenvalue weighted by Crippen LogP contribution is 2.29. The van der Waals surface area contributed by atoms with E-state index in [9.17, 15) is 9.59 Å². The Balaban J connectivity index is 1.93. The second-order valence-corrected chi connectivity index (χ2v) is 5.07. The summed E-state index contributed by atoms with van der Waals surface area (Å²) in [5.74, 6) is 0.371. The first kappa shape index (κ1) is 12.0. The highest BCUT2D eigenvalue weighted by Gasteiger charge is 2.23. The van der Waals surface area contributed by atoms with Crippen LogP contribution in [0.3, 0.4) is 0 Å². The van der Waals surface area contributed by atoms with Crippen molar-refractivity contribution < 1.29 is 14.3 Å². The first-order valence-electron chi connectivity index (χ1n) is 5.59. The van der Waals surface area contributed by atoms with E-state index in [1.165, 1.54) is 0 Å². The van der Waals surface area contributed by atoms with Crippen LogP contribution in [0.25, 0.3) is 6.08 Å². The van der Waals surface area contributed by atoms with Gasteiger partial charge in [-0.25, -0.2) is 4.79 Å². The molecule has 0 saturated carbocycles. The van der Waals surface area contributed by atoms with E-state index in [0.717, 1.165) is 21.4 Å². The normalized spacial score (nSPS) is 19.4. The van der Waals surface area contributed by atoms with E-state index in [0.29, 0.717) is 6.61 Å². The van der Waals surface area contributed by atoms with Crippen LogP contribution in [0.4, 0.5) is 4.79 Å². The molecule has 5 nitrogen and oxygen atoms in total. The minimum atomic E-state index is -0.503. The molecule has 19 heavy (non-hydrogen) atoms. The summed E-state index contributed by atoms with van der Waals surface area (Å²) in [5, 5.41) is 4.59. The first-order chi connectivity index (χ1) is 9.11. The van der Waals surface area contributed by atoms with Crippen LogP contribution in [0.2, 0.25) is 0 Å². The molecule has 2 N–H and O–H groups in total. The van der Waals surface area contributed by atoms with Gasteiger partial charge in [0.15, 0.2) is 0 Å². The summed E-state index contributed by atoms with van der Waals surface area (Å²) in [6.45, 7) is 0.362. The number of rotatable bonds is 1. The predicted octanol–water partition coefficient (Wildman–Crippen LogP) is 1.95. The fraction of sp³-hybridized carbons (Fsp3) is 0.0769. The molecule has 1 aromatic carbocycles. The lowest BCUT2D eigenvalue weighted by molar-refractivity contribution is -0.115. The summed E-state index contributed by atoms with van der Waals surface area (Å²) in [5.41, 5.74) is 1.98. The van der Waals surface area contributed by atoms with Gasteiger partial charge in [-0.2, -0.15) is 0 Å². The zero-order chi connectivity index (χ0) is 13.4. The molecule has 0 atom stereocenters. The van der Waals surface area contributed by atoms with Crippen molar-refractivity contribution >= 4 is 33.9 Å². The summed E-state index contributed by atoms with van der Waals surface area (Å²) in [4.78, 5) is 22.4. The zero-order valence-corrected chi connectivity index (χ0v) is 11.3. The summed E-state index contributed by atoms with van der Waals surface area (Å²) < 4.78 is 6.54. The molecule has 2 aliphatic heterocycles. The molecule has 1 aromatic rings. The van der Waals surface area contributed by atoms with Gasteiger partial charge in [-0.3, -0.25) is 10.1 Å². The van der Waals surface area contributed by atoms with E-state index in [1.807, 2.05) is 24.3 Å². The summed E-state index contributed by atoms with van der Waals surface area (Å²) in [7, 11) is 0. The van der Waals surface area contributed by atoms with Crippen LogP contribution in [0.1, 0.15) is 5.56 Å². The maximum Gasteiger partial charge on any atom is 0.326 e. The molecule has 96 valence electrons. The van der Waals surface area contributed by atoms with Crippen molar-refractivity contribution in [2.45, 2.75) is 0 Å². The molecule has 6 heteroatoms. The van der Waals surface area contributed by atoms with Crippen molar-refractivity contribution in [2.24, 2.45) is 0 Å². The summed E-state index contributed by atoms with van der Waals surface area (Å²) in [6.07, 6.45) is 3.54. The maximum absolute atomic E-state index is 11.4. The van der Waals surface area contributed by atoms with Crippen LogP contribution >= 0.6 is 15.9 Å². The van der Waals surface area contributed by atoms with Gasteiger partial charge in [0, 0.05) is 10.0 Å². The van der Waals surface area contributed by atoms with Crippen molar-refractivity contribution in [3.63, 3.8) is 0 Å². The van der Waals surface area contributed by atoms with Gasteiger partial charge in [0.1, 0.15) is 18.1 Å². The van der Waals surface area contributed by atoms with E-state index in [-0.39, 0.29) is 5.70 Å². The van der Waals surface area contributed by atoms with Gasteiger partial charge in [0.25, 0.3) is 5.91 Å². The Labute approximate surface area is 117 Å². The minimum absolute atomic E-state index is 0.235. The minimum Gasteiger partial charge on any atom is -0.488 e. The first-order valence-corrected chi connectivity index (χ1v) is 6.38. The lowest BCUT2D eigenvalue weighted by Gasteiger charge is -2.16. The molecule has 0 unspecified atom stereocenters. The third-order valence-electron chi connectivity index (χ3n) is 2.76. The molecule has 2 aliphatic rings. The number of hydrogen-bond acceptors (Lipinski definition) is 3. The van der Waals surface area contributed by atoms with Gasteiger partial charge < -0.3 is 10.1 Å². The SMILES string of the molecule is O=C1NC(=O)/C(=C/C2=Cc3cc(Br)ccc3OC2)N1. The average molecular weight is 321 g/mol. The zero-order valence-electron chi connectivity index (χ0n) is 9.70. The molecule has 1 saturated heterocycles. The van der Waals surface area contributed by atoms with Crippen molar-refractivity contribution in [1.82, 2.24) is 10.6 Å². The largest absolute Gasteiger partial charge is 0.488 e. The number of urea groups is 1. The van der Waals surface area contributed by atoms with Gasteiger partial charge in [-0.1, -0.05) is 15.9 Å². The van der Waals surface area contributed by atoms with E-state index < -0.39 is 11.9 Å². The molecule has 0 aliphatic carbocycles. The van der Waals surface area contributed by atoms with Gasteiger partial charge in [0.2, 0.25) is 0 Å². The lowest BCUT2D eigenvalue weighted by atomic mass is 10.1. The molecule has 0 aromatic heterocycles. The molecule has 0 radical (unpaired) electrons. The van der Waals surface area contributed by atoms with Crippen LogP contribution in [-0.4, -0.2) is 18.5 Å². The molecule has 1 fully saturated rings. The van der Waals surface area contributed by atoms with E-state index >= 15 is 0 Å². The summed E-state index contributed by atoms with van der Waals surface area (Å²) >= 11 is 3.39. The van der Waals surface area contributed by atoms with Gasteiger partial charge in [0.05, 0.1) is 0 Å². The summed E-state index contributed by atoms with van der Waals surface area (Å²) in [6, 6.07) is 5.21. The van der Waals surface area contributed by atoms with Gasteiger partial charge >= 0.3 is 6.03 Å². The van der Waals surface area contributed by atoms with Crippen LogP contribution in [-0.2, 0) is 4.79 Å². The molecule has 2 heterocycles. The van der Waals surface area contributed by atoms with Crippen molar-refractivity contribution in [2.75, 3.05) is 6.61 Å². The topological polar surface area (TPSA) is 67.4 Å². The predicted molar refractivity (Wildman–Crippen MR) is 72.4 cm³/mol. The van der Waals surface area contributed by atoms with Crippen LogP contribution in [0.5, 0.6) is 5.75 Å². The molecule has 0 bridgehead atoms. The number of fused-ring (bicyclic) bond motifs is 1. The van der Waals surface area contributed by atoms with E-state index in [4.69, 9.17) is 4.74 Å². The Morgan fingerprint density at radius 1 is 1.26 bits per heavy atom. The number of nitrogens with one attached hydrogen (secondary N) is 2. The van der Waals surface area contributed by atoms with Crippen molar-refractivity contribution in [1.29, 1.82) is 0 Å². The third kappa shape index (κ3) is 2.39. The van der Waals surface area contributed by atoms with Crippen LogP contribution < -0.4 is 15.4 Å². The highest BCUT2D eigenvalue weighted by atomic mass is 79.9. The van der Waals surface area contributed by atoms with E-state index in [1.54, 1.807) is 6.08 Å². The Bertz CT molecular complexity index is 649. The number of benzene rings is 1. The smallest absolute Gasteiger partial charge is 0.326 e. The lowest BCUT2D eigenvalue weighted by Crippen LogP contribution is -2.22. The molecule has 0 spiro atoms. The van der Waals surface area contributed by atoms with Gasteiger partial charge in [-0.15, -0.1) is 0 Å².